The maximum atomic E-state index is 13.9. The first-order chi connectivity index (χ1) is 27.2. The summed E-state index contributed by atoms with van der Waals surface area (Å²) in [4.78, 5) is 52.4. The van der Waals surface area contributed by atoms with Crippen LogP contribution >= 0.6 is 0 Å². The number of ether oxygens (including phenoxy) is 2. The number of hydrogen-bond acceptors (Lipinski definition) is 10. The molecule has 0 spiro atoms. The molecule has 4 aromatic rings. The fourth-order valence-electron chi connectivity index (χ4n) is 8.30. The normalized spacial score (nSPS) is 22.6. The zero-order chi connectivity index (χ0) is 38.8. The minimum absolute atomic E-state index is 0.0323. The SMILES string of the molecule is CC(C)[C@H](NC1C=NCNC1)C(=O)N1CCC[C@H]1c1ncc(-c2ccc(-c3ccc(-c4cnc([C@@H]5CCCN5C(=O)[C@@H](NC5OCO5)C(C)C)[nH]4)cc3)cc2)[nH]1. The van der Waals surface area contributed by atoms with E-state index in [1.165, 1.54) is 0 Å². The van der Waals surface area contributed by atoms with Crippen LogP contribution in [-0.2, 0) is 19.1 Å². The number of nitrogens with one attached hydrogen (secondary N) is 5. The molecule has 0 saturated carbocycles. The van der Waals surface area contributed by atoms with Crippen molar-refractivity contribution in [2.45, 2.75) is 90.0 Å². The van der Waals surface area contributed by atoms with Crippen LogP contribution in [0.5, 0.6) is 0 Å². The summed E-state index contributed by atoms with van der Waals surface area (Å²) in [6.07, 6.45) is 8.73. The van der Waals surface area contributed by atoms with Crippen molar-refractivity contribution in [3.63, 3.8) is 0 Å². The number of aromatic amines is 2. The molecule has 2 aromatic carbocycles. The molecule has 14 nitrogen and oxygen atoms in total. The van der Waals surface area contributed by atoms with Gasteiger partial charge in [0.2, 0.25) is 18.2 Å². The second-order valence-electron chi connectivity index (χ2n) is 16.0. The molecule has 6 heterocycles. The number of carbonyl (C=O) groups excluding carboxylic acids is 2. The van der Waals surface area contributed by atoms with Gasteiger partial charge in [-0.1, -0.05) is 76.2 Å². The van der Waals surface area contributed by atoms with Crippen molar-refractivity contribution < 1.29 is 19.1 Å². The van der Waals surface area contributed by atoms with Crippen LogP contribution < -0.4 is 16.0 Å². The van der Waals surface area contributed by atoms with Gasteiger partial charge in [0.25, 0.3) is 0 Å². The summed E-state index contributed by atoms with van der Waals surface area (Å²) in [6, 6.07) is 16.1. The molecule has 2 amide bonds. The number of aliphatic imine (C=N–C) groups is 1. The van der Waals surface area contributed by atoms with Crippen molar-refractivity contribution in [2.24, 2.45) is 16.8 Å². The van der Waals surface area contributed by atoms with Gasteiger partial charge in [-0.15, -0.1) is 0 Å². The average molecular weight is 763 g/mol. The van der Waals surface area contributed by atoms with E-state index in [0.29, 0.717) is 13.2 Å². The van der Waals surface area contributed by atoms with E-state index < -0.39 is 12.5 Å². The number of nitrogens with zero attached hydrogens (tertiary/aromatic N) is 5. The Morgan fingerprint density at radius 3 is 1.62 bits per heavy atom. The smallest absolute Gasteiger partial charge is 0.240 e. The summed E-state index contributed by atoms with van der Waals surface area (Å²) in [5, 5.41) is 10.0. The van der Waals surface area contributed by atoms with Crippen molar-refractivity contribution in [1.29, 1.82) is 0 Å². The van der Waals surface area contributed by atoms with Gasteiger partial charge in [-0.05, 0) is 59.8 Å². The topological polar surface area (TPSA) is 165 Å². The molecule has 1 unspecified atom stereocenters. The van der Waals surface area contributed by atoms with Crippen molar-refractivity contribution >= 4 is 18.0 Å². The van der Waals surface area contributed by atoms with E-state index in [-0.39, 0.29) is 54.6 Å². The molecule has 0 bridgehead atoms. The van der Waals surface area contributed by atoms with Gasteiger partial charge in [-0.2, -0.15) is 0 Å². The minimum Gasteiger partial charge on any atom is -0.340 e. The van der Waals surface area contributed by atoms with Crippen molar-refractivity contribution in [3.8, 4) is 33.6 Å². The van der Waals surface area contributed by atoms with E-state index in [1.54, 1.807) is 0 Å². The second kappa shape index (κ2) is 16.8. The quantitative estimate of drug-likeness (QED) is 0.126. The van der Waals surface area contributed by atoms with Crippen LogP contribution in [0.4, 0.5) is 0 Å². The molecule has 0 radical (unpaired) electrons. The van der Waals surface area contributed by atoms with Crippen LogP contribution in [0.3, 0.4) is 0 Å². The fraction of sp³-hybridized carbons (Fsp3) is 0.500. The largest absolute Gasteiger partial charge is 0.340 e. The van der Waals surface area contributed by atoms with Gasteiger partial charge in [-0.3, -0.25) is 30.5 Å². The first-order valence-corrected chi connectivity index (χ1v) is 20.1. The number of rotatable bonds is 13. The van der Waals surface area contributed by atoms with Crippen LogP contribution in [-0.4, -0.2) is 105 Å². The van der Waals surface area contributed by atoms with Crippen molar-refractivity contribution in [3.05, 3.63) is 72.6 Å². The van der Waals surface area contributed by atoms with E-state index in [1.807, 2.05) is 42.3 Å². The number of likely N-dealkylation sites (tertiary alicyclic amines) is 2. The monoisotopic (exact) mass is 762 g/mol. The van der Waals surface area contributed by atoms with E-state index >= 15 is 0 Å². The number of H-pyrrole nitrogens is 2. The summed E-state index contributed by atoms with van der Waals surface area (Å²) in [6.45, 7) is 11.3. The molecule has 3 fully saturated rings. The number of hydrogen-bond donors (Lipinski definition) is 5. The highest BCUT2D eigenvalue weighted by Crippen LogP contribution is 2.35. The van der Waals surface area contributed by atoms with Gasteiger partial charge in [0, 0.05) is 25.8 Å². The van der Waals surface area contributed by atoms with Gasteiger partial charge in [0.15, 0.2) is 6.79 Å². The molecule has 4 aliphatic heterocycles. The molecule has 2 aromatic heterocycles. The Bertz CT molecular complexity index is 1990. The standard InChI is InChI=1S/C42H54N10O4/c1-25(2)36(47-31-19-43-23-44-20-31)40(53)51-17-5-7-34(51)38-45-21-32(48-38)29-13-9-27(10-14-29)28-11-15-30(16-12-28)33-22-46-39(49-33)35-8-6-18-52(35)41(54)37(26(3)4)50-42-55-24-56-42/h9-16,19,21-22,25-26,31,34-37,42,44,47,50H,5-8,17-18,20,23-24H2,1-4H3,(H,45,48)(H,46,49)/t31?,34-,35-,36-,37-/m0/s1. The third kappa shape index (κ3) is 8.07. The Morgan fingerprint density at radius 1 is 0.714 bits per heavy atom. The first-order valence-electron chi connectivity index (χ1n) is 20.1. The Balaban J connectivity index is 0.903. The summed E-state index contributed by atoms with van der Waals surface area (Å²) < 4.78 is 10.7. The summed E-state index contributed by atoms with van der Waals surface area (Å²) in [5.74, 6) is 2.01. The van der Waals surface area contributed by atoms with Gasteiger partial charge in [0.1, 0.15) is 11.6 Å². The van der Waals surface area contributed by atoms with Crippen LogP contribution in [0.1, 0.15) is 77.1 Å². The van der Waals surface area contributed by atoms with E-state index in [9.17, 15) is 9.59 Å². The summed E-state index contributed by atoms with van der Waals surface area (Å²) in [5.41, 5.74) is 6.12. The maximum Gasteiger partial charge on any atom is 0.240 e. The van der Waals surface area contributed by atoms with Crippen LogP contribution in [0, 0.1) is 11.8 Å². The van der Waals surface area contributed by atoms with Crippen molar-refractivity contribution in [1.82, 2.24) is 45.7 Å². The zero-order valence-corrected chi connectivity index (χ0v) is 32.7. The Labute approximate surface area is 328 Å². The molecule has 14 heteroatoms. The molecule has 4 aliphatic rings. The van der Waals surface area contributed by atoms with Gasteiger partial charge < -0.3 is 29.2 Å². The molecule has 56 heavy (non-hydrogen) atoms. The zero-order valence-electron chi connectivity index (χ0n) is 32.7. The molecular weight excluding hydrogens is 709 g/mol. The number of benzene rings is 2. The maximum absolute atomic E-state index is 13.9. The van der Waals surface area contributed by atoms with E-state index in [4.69, 9.17) is 19.4 Å². The highest BCUT2D eigenvalue weighted by Gasteiger charge is 2.39. The predicted octanol–water partition coefficient (Wildman–Crippen LogP) is 4.98. The number of imidazole rings is 2. The van der Waals surface area contributed by atoms with Gasteiger partial charge >= 0.3 is 0 Å². The molecule has 296 valence electrons. The van der Waals surface area contributed by atoms with Gasteiger partial charge in [0.05, 0.1) is 60.7 Å². The summed E-state index contributed by atoms with van der Waals surface area (Å²) in [7, 11) is 0. The number of amides is 2. The van der Waals surface area contributed by atoms with E-state index in [2.05, 4.69) is 93.3 Å². The lowest BCUT2D eigenvalue weighted by atomic mass is 10.0. The molecule has 5 N–H and O–H groups in total. The van der Waals surface area contributed by atoms with Gasteiger partial charge in [-0.25, -0.2) is 9.97 Å². The highest BCUT2D eigenvalue weighted by molar-refractivity contribution is 5.84. The van der Waals surface area contributed by atoms with Crippen molar-refractivity contribution in [2.75, 3.05) is 33.1 Å². The molecule has 3 saturated heterocycles. The Hall–Kier alpha value is -4.73. The summed E-state index contributed by atoms with van der Waals surface area (Å²) >= 11 is 0. The first kappa shape index (κ1) is 38.2. The number of carbonyl (C=O) groups is 2. The van der Waals surface area contributed by atoms with E-state index in [0.717, 1.165) is 84.1 Å². The molecular formula is C42H54N10O4. The Kier molecular flexibility index (Phi) is 11.4. The fourth-order valence-corrected chi connectivity index (χ4v) is 8.30. The average Bonchev–Trinajstić information content (AvgIpc) is 4.03. The lowest BCUT2D eigenvalue weighted by Gasteiger charge is -2.35. The molecule has 8 rings (SSSR count). The molecule has 5 atom stereocenters. The second-order valence-corrected chi connectivity index (χ2v) is 16.0. The predicted molar refractivity (Wildman–Crippen MR) is 214 cm³/mol. The lowest BCUT2D eigenvalue weighted by Crippen LogP contribution is -2.56. The molecule has 0 aliphatic carbocycles. The van der Waals surface area contributed by atoms with Crippen LogP contribution in [0.15, 0.2) is 65.9 Å². The van der Waals surface area contributed by atoms with Crippen LogP contribution in [0.25, 0.3) is 33.6 Å². The number of aromatic nitrogens is 4. The third-order valence-electron chi connectivity index (χ3n) is 11.5. The highest BCUT2D eigenvalue weighted by atomic mass is 16.9. The minimum atomic E-state index is -0.535. The third-order valence-corrected chi connectivity index (χ3v) is 11.5. The Morgan fingerprint density at radius 2 is 1.20 bits per heavy atom. The lowest BCUT2D eigenvalue weighted by molar-refractivity contribution is -0.335. The van der Waals surface area contributed by atoms with Crippen LogP contribution in [0.2, 0.25) is 0 Å².